The zero-order chi connectivity index (χ0) is 14.4. The molecule has 0 radical (unpaired) electrons. The summed E-state index contributed by atoms with van der Waals surface area (Å²) >= 11 is 1.86. The van der Waals surface area contributed by atoms with Crippen LogP contribution >= 0.6 is 11.8 Å². The lowest BCUT2D eigenvalue weighted by Crippen LogP contribution is -2.25. The van der Waals surface area contributed by atoms with E-state index in [4.69, 9.17) is 0 Å². The predicted octanol–water partition coefficient (Wildman–Crippen LogP) is 3.02. The number of aromatic nitrogens is 3. The fourth-order valence-electron chi connectivity index (χ4n) is 2.16. The van der Waals surface area contributed by atoms with E-state index in [1.54, 1.807) is 0 Å². The summed E-state index contributed by atoms with van der Waals surface area (Å²) in [7, 11) is 1.93. The predicted molar refractivity (Wildman–Crippen MR) is 84.0 cm³/mol. The Balaban J connectivity index is 2.24. The topological polar surface area (TPSA) is 42.7 Å². The number of nitrogens with zero attached hydrogens (tertiary/aromatic N) is 3. The molecule has 0 spiro atoms. The highest BCUT2D eigenvalue weighted by molar-refractivity contribution is 7.99. The monoisotopic (exact) mass is 290 g/mol. The van der Waals surface area contributed by atoms with E-state index >= 15 is 0 Å². The molecule has 1 N–H and O–H groups in total. The number of nitrogens with one attached hydrogen (secondary N) is 1. The highest BCUT2D eigenvalue weighted by atomic mass is 32.2. The van der Waals surface area contributed by atoms with Crippen molar-refractivity contribution in [2.75, 3.05) is 12.3 Å². The van der Waals surface area contributed by atoms with Crippen molar-refractivity contribution in [3.8, 4) is 0 Å². The van der Waals surface area contributed by atoms with Crippen LogP contribution in [0, 0.1) is 0 Å². The van der Waals surface area contributed by atoms with Crippen LogP contribution < -0.4 is 5.32 Å². The van der Waals surface area contributed by atoms with E-state index in [1.165, 1.54) is 10.5 Å². The van der Waals surface area contributed by atoms with Gasteiger partial charge in [0.25, 0.3) is 0 Å². The van der Waals surface area contributed by atoms with Crippen molar-refractivity contribution in [1.82, 2.24) is 20.3 Å². The van der Waals surface area contributed by atoms with E-state index in [1.807, 2.05) is 29.7 Å². The summed E-state index contributed by atoms with van der Waals surface area (Å²) in [5, 5.41) is 11.6. The van der Waals surface area contributed by atoms with Crippen LogP contribution in [0.5, 0.6) is 0 Å². The third kappa shape index (κ3) is 3.61. The Bertz CT molecular complexity index is 521. The Kier molecular flexibility index (Phi) is 5.61. The number of benzene rings is 1. The maximum Gasteiger partial charge on any atom is 0.0798 e. The largest absolute Gasteiger partial charge is 0.305 e. The van der Waals surface area contributed by atoms with Crippen LogP contribution in [0.2, 0.25) is 0 Å². The fraction of sp³-hybridized carbons (Fsp3) is 0.467. The lowest BCUT2D eigenvalue weighted by molar-refractivity contribution is 0.550. The molecule has 0 amide bonds. The molecule has 1 aromatic carbocycles. The molecule has 1 unspecified atom stereocenters. The Hall–Kier alpha value is -1.33. The van der Waals surface area contributed by atoms with Gasteiger partial charge in [-0.1, -0.05) is 31.2 Å². The van der Waals surface area contributed by atoms with Crippen molar-refractivity contribution in [2.45, 2.75) is 31.2 Å². The molecular weight excluding hydrogens is 268 g/mol. The molecule has 4 nitrogen and oxygen atoms in total. The van der Waals surface area contributed by atoms with E-state index in [0.717, 1.165) is 24.4 Å². The molecular formula is C15H22N4S. The van der Waals surface area contributed by atoms with Gasteiger partial charge in [-0.25, -0.2) is 0 Å². The van der Waals surface area contributed by atoms with E-state index in [2.05, 4.69) is 53.7 Å². The maximum atomic E-state index is 4.04. The molecule has 1 aromatic heterocycles. The standard InChI is InChI=1S/C15H22N4S/c1-4-10-16-15(14-11-17-18-19(14)3)12-6-8-13(9-7-12)20-5-2/h6-9,11,15-16H,4-5,10H2,1-3H3. The second-order valence-corrected chi connectivity index (χ2v) is 6.01. The van der Waals surface area contributed by atoms with Crippen LogP contribution in [0.15, 0.2) is 35.4 Å². The third-order valence-electron chi connectivity index (χ3n) is 3.17. The lowest BCUT2D eigenvalue weighted by atomic mass is 10.0. The van der Waals surface area contributed by atoms with E-state index in [9.17, 15) is 0 Å². The van der Waals surface area contributed by atoms with Crippen molar-refractivity contribution >= 4 is 11.8 Å². The average Bonchev–Trinajstić information content (AvgIpc) is 2.88. The van der Waals surface area contributed by atoms with Crippen molar-refractivity contribution in [3.05, 3.63) is 41.7 Å². The Morgan fingerprint density at radius 2 is 2.00 bits per heavy atom. The van der Waals surface area contributed by atoms with Gasteiger partial charge in [-0.3, -0.25) is 4.68 Å². The number of thioether (sulfide) groups is 1. The summed E-state index contributed by atoms with van der Waals surface area (Å²) in [6.07, 6.45) is 2.94. The number of hydrogen-bond donors (Lipinski definition) is 1. The molecule has 2 aromatic rings. The van der Waals surface area contributed by atoms with Gasteiger partial charge in [0, 0.05) is 11.9 Å². The molecule has 20 heavy (non-hydrogen) atoms. The van der Waals surface area contributed by atoms with Crippen LogP contribution in [-0.4, -0.2) is 27.3 Å². The summed E-state index contributed by atoms with van der Waals surface area (Å²) in [6.45, 7) is 5.32. The second-order valence-electron chi connectivity index (χ2n) is 4.67. The van der Waals surface area contributed by atoms with Crippen molar-refractivity contribution in [3.63, 3.8) is 0 Å². The summed E-state index contributed by atoms with van der Waals surface area (Å²) in [6, 6.07) is 8.91. The molecule has 0 aliphatic rings. The quantitative estimate of drug-likeness (QED) is 0.796. The first-order chi connectivity index (χ1) is 9.76. The van der Waals surface area contributed by atoms with Gasteiger partial charge in [0.2, 0.25) is 0 Å². The minimum atomic E-state index is 0.149. The molecule has 1 heterocycles. The molecule has 0 aliphatic heterocycles. The van der Waals surface area contributed by atoms with Gasteiger partial charge >= 0.3 is 0 Å². The van der Waals surface area contributed by atoms with E-state index in [-0.39, 0.29) is 6.04 Å². The SMILES string of the molecule is CCCNC(c1ccc(SCC)cc1)c1cnnn1C. The van der Waals surface area contributed by atoms with Crippen LogP contribution in [0.25, 0.3) is 0 Å². The molecule has 0 saturated carbocycles. The van der Waals surface area contributed by atoms with Gasteiger partial charge in [0.05, 0.1) is 17.9 Å². The van der Waals surface area contributed by atoms with Gasteiger partial charge in [-0.05, 0) is 36.4 Å². The molecule has 0 fully saturated rings. The number of hydrogen-bond acceptors (Lipinski definition) is 4. The van der Waals surface area contributed by atoms with Crippen molar-refractivity contribution < 1.29 is 0 Å². The molecule has 108 valence electrons. The zero-order valence-corrected chi connectivity index (χ0v) is 13.2. The first kappa shape index (κ1) is 15.1. The summed E-state index contributed by atoms with van der Waals surface area (Å²) in [4.78, 5) is 1.31. The summed E-state index contributed by atoms with van der Waals surface area (Å²) in [5.74, 6) is 1.10. The molecule has 2 rings (SSSR count). The van der Waals surface area contributed by atoms with Gasteiger partial charge in [-0.15, -0.1) is 16.9 Å². The first-order valence-corrected chi connectivity index (χ1v) is 8.05. The molecule has 0 aliphatic carbocycles. The Morgan fingerprint density at radius 3 is 2.55 bits per heavy atom. The van der Waals surface area contributed by atoms with Gasteiger partial charge < -0.3 is 5.32 Å². The maximum absolute atomic E-state index is 4.04. The van der Waals surface area contributed by atoms with E-state index < -0.39 is 0 Å². The normalized spacial score (nSPS) is 12.6. The summed E-state index contributed by atoms with van der Waals surface area (Å²) in [5.41, 5.74) is 2.35. The molecule has 5 heteroatoms. The Labute approximate surface area is 125 Å². The molecule has 0 saturated heterocycles. The van der Waals surface area contributed by atoms with Gasteiger partial charge in [0.1, 0.15) is 0 Å². The highest BCUT2D eigenvalue weighted by Crippen LogP contribution is 2.24. The molecule has 1 atom stereocenters. The summed E-state index contributed by atoms with van der Waals surface area (Å²) < 4.78 is 1.84. The van der Waals surface area contributed by atoms with Crippen LogP contribution in [-0.2, 0) is 7.05 Å². The zero-order valence-electron chi connectivity index (χ0n) is 12.3. The number of rotatable bonds is 7. The first-order valence-electron chi connectivity index (χ1n) is 7.07. The lowest BCUT2D eigenvalue weighted by Gasteiger charge is -2.19. The smallest absolute Gasteiger partial charge is 0.0798 e. The third-order valence-corrected chi connectivity index (χ3v) is 4.06. The van der Waals surface area contributed by atoms with Crippen LogP contribution in [0.1, 0.15) is 37.6 Å². The van der Waals surface area contributed by atoms with Gasteiger partial charge in [-0.2, -0.15) is 0 Å². The minimum absolute atomic E-state index is 0.149. The van der Waals surface area contributed by atoms with Gasteiger partial charge in [0.15, 0.2) is 0 Å². The fourth-order valence-corrected chi connectivity index (χ4v) is 2.83. The molecule has 0 bridgehead atoms. The Morgan fingerprint density at radius 1 is 1.25 bits per heavy atom. The van der Waals surface area contributed by atoms with Crippen molar-refractivity contribution in [1.29, 1.82) is 0 Å². The van der Waals surface area contributed by atoms with Crippen molar-refractivity contribution in [2.24, 2.45) is 7.05 Å². The highest BCUT2D eigenvalue weighted by Gasteiger charge is 2.17. The second kappa shape index (κ2) is 7.45. The number of aryl methyl sites for hydroxylation is 1. The van der Waals surface area contributed by atoms with E-state index in [0.29, 0.717) is 0 Å². The average molecular weight is 290 g/mol. The van der Waals surface area contributed by atoms with Crippen LogP contribution in [0.3, 0.4) is 0 Å². The van der Waals surface area contributed by atoms with Crippen LogP contribution in [0.4, 0.5) is 0 Å². The minimum Gasteiger partial charge on any atom is -0.305 e.